The monoisotopic (exact) mass is 468 g/mol. The van der Waals surface area contributed by atoms with Gasteiger partial charge in [-0.05, 0) is 44.0 Å². The molecule has 3 heterocycles. The topological polar surface area (TPSA) is 67.8 Å². The fourth-order valence-corrected chi connectivity index (χ4v) is 4.43. The van der Waals surface area contributed by atoms with E-state index < -0.39 is 17.7 Å². The van der Waals surface area contributed by atoms with Crippen LogP contribution in [0.3, 0.4) is 0 Å². The van der Waals surface area contributed by atoms with E-state index in [1.165, 1.54) is 6.07 Å². The molecule has 2 saturated heterocycles. The summed E-state index contributed by atoms with van der Waals surface area (Å²) in [5.74, 6) is -1.07. The number of amides is 1. The summed E-state index contributed by atoms with van der Waals surface area (Å²) < 4.78 is 38.5. The number of ether oxygens (including phenoxy) is 2. The van der Waals surface area contributed by atoms with E-state index in [1.54, 1.807) is 25.3 Å². The summed E-state index contributed by atoms with van der Waals surface area (Å²) in [5, 5.41) is 0. The third-order valence-corrected chi connectivity index (χ3v) is 6.28. The van der Waals surface area contributed by atoms with Crippen LogP contribution in [0.1, 0.15) is 41.8 Å². The Bertz CT molecular complexity index is 1210. The zero-order valence-electron chi connectivity index (χ0n) is 19.0. The maximum absolute atomic E-state index is 13.7. The molecule has 178 valence electrons. The average Bonchev–Trinajstić information content (AvgIpc) is 3.40. The highest BCUT2D eigenvalue weighted by atomic mass is 19.2. The van der Waals surface area contributed by atoms with E-state index in [1.807, 2.05) is 4.90 Å². The van der Waals surface area contributed by atoms with Gasteiger partial charge in [0.2, 0.25) is 0 Å². The minimum absolute atomic E-state index is 0.0558. The van der Waals surface area contributed by atoms with Gasteiger partial charge in [-0.25, -0.2) is 13.8 Å². The van der Waals surface area contributed by atoms with Crippen LogP contribution >= 0.6 is 0 Å². The van der Waals surface area contributed by atoms with Crippen molar-refractivity contribution in [3.63, 3.8) is 0 Å². The van der Waals surface area contributed by atoms with Crippen molar-refractivity contribution in [1.29, 1.82) is 0 Å². The molecule has 0 radical (unpaired) electrons. The SMILES string of the molecule is CC(Oc1ccc(F)c(F)c1)c1cc(C(=O)N2CCCC2)cc2ncc(N3CCOCC3)nc12. The number of nitrogens with zero attached hydrogens (tertiary/aromatic N) is 4. The van der Waals surface area contributed by atoms with E-state index in [2.05, 4.69) is 9.88 Å². The van der Waals surface area contributed by atoms with E-state index in [9.17, 15) is 13.6 Å². The summed E-state index contributed by atoms with van der Waals surface area (Å²) in [6.45, 7) is 5.91. The van der Waals surface area contributed by atoms with E-state index in [0.29, 0.717) is 48.5 Å². The molecule has 1 amide bonds. The summed E-state index contributed by atoms with van der Waals surface area (Å²) in [6.07, 6.45) is 3.10. The van der Waals surface area contributed by atoms with Gasteiger partial charge in [0.25, 0.3) is 5.91 Å². The normalized spacial score (nSPS) is 17.3. The van der Waals surface area contributed by atoms with Crippen LogP contribution in [-0.4, -0.2) is 60.2 Å². The maximum atomic E-state index is 13.7. The quantitative estimate of drug-likeness (QED) is 0.561. The molecule has 2 fully saturated rings. The lowest BCUT2D eigenvalue weighted by Gasteiger charge is -2.28. The van der Waals surface area contributed by atoms with Gasteiger partial charge in [-0.2, -0.15) is 0 Å². The van der Waals surface area contributed by atoms with Gasteiger partial charge >= 0.3 is 0 Å². The van der Waals surface area contributed by atoms with E-state index in [0.717, 1.165) is 43.9 Å². The lowest BCUT2D eigenvalue weighted by molar-refractivity contribution is 0.0792. The Morgan fingerprint density at radius 3 is 2.56 bits per heavy atom. The third kappa shape index (κ3) is 4.52. The molecule has 0 aliphatic carbocycles. The van der Waals surface area contributed by atoms with Crippen LogP contribution in [0.2, 0.25) is 0 Å². The van der Waals surface area contributed by atoms with Gasteiger partial charge in [0.05, 0.1) is 30.4 Å². The minimum atomic E-state index is -0.984. The summed E-state index contributed by atoms with van der Waals surface area (Å²) in [6, 6.07) is 6.96. The van der Waals surface area contributed by atoms with Gasteiger partial charge in [-0.3, -0.25) is 9.78 Å². The number of hydrogen-bond acceptors (Lipinski definition) is 6. The van der Waals surface area contributed by atoms with Crippen molar-refractivity contribution < 1.29 is 23.0 Å². The van der Waals surface area contributed by atoms with Crippen LogP contribution in [0.4, 0.5) is 14.6 Å². The molecule has 1 unspecified atom stereocenters. The minimum Gasteiger partial charge on any atom is -0.486 e. The number of hydrogen-bond donors (Lipinski definition) is 0. The van der Waals surface area contributed by atoms with Crippen LogP contribution in [-0.2, 0) is 4.74 Å². The molecule has 9 heteroatoms. The molecule has 0 bridgehead atoms. The van der Waals surface area contributed by atoms with Crippen molar-refractivity contribution in [3.05, 3.63) is 59.3 Å². The van der Waals surface area contributed by atoms with Gasteiger partial charge in [-0.15, -0.1) is 0 Å². The largest absolute Gasteiger partial charge is 0.486 e. The number of likely N-dealkylation sites (tertiary alicyclic amines) is 1. The second-order valence-electron chi connectivity index (χ2n) is 8.60. The molecular formula is C25H26F2N4O3. The van der Waals surface area contributed by atoms with Crippen molar-refractivity contribution in [1.82, 2.24) is 14.9 Å². The van der Waals surface area contributed by atoms with E-state index >= 15 is 0 Å². The Morgan fingerprint density at radius 2 is 1.82 bits per heavy atom. The number of fused-ring (bicyclic) bond motifs is 1. The van der Waals surface area contributed by atoms with Crippen molar-refractivity contribution >= 4 is 22.8 Å². The molecule has 2 aliphatic rings. The Morgan fingerprint density at radius 1 is 1.06 bits per heavy atom. The van der Waals surface area contributed by atoms with Crippen LogP contribution in [0.25, 0.3) is 11.0 Å². The first-order valence-electron chi connectivity index (χ1n) is 11.5. The van der Waals surface area contributed by atoms with Crippen LogP contribution in [0.5, 0.6) is 5.75 Å². The number of carbonyl (C=O) groups is 1. The molecule has 2 aliphatic heterocycles. The smallest absolute Gasteiger partial charge is 0.253 e. The fourth-order valence-electron chi connectivity index (χ4n) is 4.43. The number of aromatic nitrogens is 2. The van der Waals surface area contributed by atoms with Gasteiger partial charge in [0.1, 0.15) is 17.7 Å². The molecule has 0 saturated carbocycles. The van der Waals surface area contributed by atoms with Crippen LogP contribution in [0.15, 0.2) is 36.5 Å². The van der Waals surface area contributed by atoms with E-state index in [4.69, 9.17) is 14.5 Å². The molecule has 1 atom stereocenters. The molecule has 5 rings (SSSR count). The molecule has 7 nitrogen and oxygen atoms in total. The highest BCUT2D eigenvalue weighted by molar-refractivity contribution is 5.98. The number of anilines is 1. The van der Waals surface area contributed by atoms with Gasteiger partial charge in [0.15, 0.2) is 11.6 Å². The average molecular weight is 469 g/mol. The van der Waals surface area contributed by atoms with Gasteiger partial charge < -0.3 is 19.3 Å². The molecule has 34 heavy (non-hydrogen) atoms. The number of morpholine rings is 1. The second kappa shape index (κ2) is 9.50. The summed E-state index contributed by atoms with van der Waals surface area (Å²) in [4.78, 5) is 26.6. The van der Waals surface area contributed by atoms with Crippen molar-refractivity contribution in [3.8, 4) is 5.75 Å². The molecule has 1 aromatic heterocycles. The van der Waals surface area contributed by atoms with Crippen LogP contribution < -0.4 is 9.64 Å². The molecule has 2 aromatic carbocycles. The van der Waals surface area contributed by atoms with Crippen molar-refractivity contribution in [2.75, 3.05) is 44.3 Å². The zero-order chi connectivity index (χ0) is 23.7. The Hall–Kier alpha value is -3.33. The third-order valence-electron chi connectivity index (χ3n) is 6.28. The predicted octanol–water partition coefficient (Wildman–Crippen LogP) is 4.12. The van der Waals surface area contributed by atoms with Crippen LogP contribution in [0, 0.1) is 11.6 Å². The summed E-state index contributed by atoms with van der Waals surface area (Å²) >= 11 is 0. The van der Waals surface area contributed by atoms with Gasteiger partial charge in [-0.1, -0.05) is 0 Å². The Labute approximate surface area is 196 Å². The predicted molar refractivity (Wildman–Crippen MR) is 123 cm³/mol. The Kier molecular flexibility index (Phi) is 6.28. The first kappa shape index (κ1) is 22.5. The van der Waals surface area contributed by atoms with Crippen molar-refractivity contribution in [2.24, 2.45) is 0 Å². The maximum Gasteiger partial charge on any atom is 0.253 e. The van der Waals surface area contributed by atoms with Gasteiger partial charge in [0, 0.05) is 43.4 Å². The summed E-state index contributed by atoms with van der Waals surface area (Å²) in [7, 11) is 0. The molecule has 0 spiro atoms. The number of benzene rings is 2. The Balaban J connectivity index is 1.55. The number of carbonyl (C=O) groups excluding carboxylic acids is 1. The summed E-state index contributed by atoms with van der Waals surface area (Å²) in [5.41, 5.74) is 2.36. The fraction of sp³-hybridized carbons (Fsp3) is 0.400. The number of halogens is 2. The number of rotatable bonds is 5. The molecule has 0 N–H and O–H groups in total. The standard InChI is InChI=1S/C25H26F2N4O3/c1-16(34-18-4-5-20(26)21(27)14-18)19-12-17(25(32)31-6-2-3-7-31)13-22-24(19)29-23(15-28-22)30-8-10-33-11-9-30/h4-5,12-16H,2-3,6-11H2,1H3. The lowest BCUT2D eigenvalue weighted by atomic mass is 10.0. The first-order chi connectivity index (χ1) is 16.5. The lowest BCUT2D eigenvalue weighted by Crippen LogP contribution is -2.36. The molecule has 3 aromatic rings. The first-order valence-corrected chi connectivity index (χ1v) is 11.5. The highest BCUT2D eigenvalue weighted by Gasteiger charge is 2.24. The van der Waals surface area contributed by atoms with E-state index in [-0.39, 0.29) is 11.7 Å². The van der Waals surface area contributed by atoms with Crippen molar-refractivity contribution in [2.45, 2.75) is 25.9 Å². The second-order valence-corrected chi connectivity index (χ2v) is 8.60. The molecular weight excluding hydrogens is 442 g/mol. The highest BCUT2D eigenvalue weighted by Crippen LogP contribution is 2.30. The zero-order valence-corrected chi connectivity index (χ0v) is 19.0.